The SMILES string of the molecule is CCNC(CCCC(C)C)c1ncccc1Br. The van der Waals surface area contributed by atoms with Crippen molar-refractivity contribution in [3.8, 4) is 0 Å². The molecule has 0 bridgehead atoms. The van der Waals surface area contributed by atoms with E-state index in [4.69, 9.17) is 0 Å². The third-order valence-corrected chi connectivity index (χ3v) is 3.51. The molecule has 1 unspecified atom stereocenters. The molecule has 0 fully saturated rings. The van der Waals surface area contributed by atoms with E-state index in [1.165, 1.54) is 12.8 Å². The molecule has 0 saturated carbocycles. The highest BCUT2D eigenvalue weighted by Crippen LogP contribution is 2.25. The predicted octanol–water partition coefficient (Wildman–Crippen LogP) is 4.32. The van der Waals surface area contributed by atoms with Crippen molar-refractivity contribution in [3.05, 3.63) is 28.5 Å². The van der Waals surface area contributed by atoms with Crippen molar-refractivity contribution in [1.82, 2.24) is 10.3 Å². The van der Waals surface area contributed by atoms with Crippen LogP contribution < -0.4 is 5.32 Å². The summed E-state index contributed by atoms with van der Waals surface area (Å²) in [5, 5.41) is 3.52. The van der Waals surface area contributed by atoms with Crippen LogP contribution in [0.25, 0.3) is 0 Å². The Morgan fingerprint density at radius 2 is 2.12 bits per heavy atom. The lowest BCUT2D eigenvalue weighted by Crippen LogP contribution is -2.22. The minimum absolute atomic E-state index is 0.370. The van der Waals surface area contributed by atoms with Gasteiger partial charge in [0.05, 0.1) is 11.7 Å². The van der Waals surface area contributed by atoms with Crippen LogP contribution in [0, 0.1) is 5.92 Å². The van der Waals surface area contributed by atoms with E-state index in [0.717, 1.165) is 29.1 Å². The van der Waals surface area contributed by atoms with Gasteiger partial charge in [0.1, 0.15) is 0 Å². The molecule has 1 rings (SSSR count). The standard InChI is InChI=1S/C14H23BrN2/c1-4-16-13(9-5-7-11(2)3)14-12(15)8-6-10-17-14/h6,8,10-11,13,16H,4-5,7,9H2,1-3H3. The van der Waals surface area contributed by atoms with Gasteiger partial charge in [-0.2, -0.15) is 0 Å². The number of pyridine rings is 1. The lowest BCUT2D eigenvalue weighted by Gasteiger charge is -2.19. The highest BCUT2D eigenvalue weighted by atomic mass is 79.9. The van der Waals surface area contributed by atoms with Crippen molar-refractivity contribution in [2.24, 2.45) is 5.92 Å². The van der Waals surface area contributed by atoms with Crippen LogP contribution in [0.4, 0.5) is 0 Å². The van der Waals surface area contributed by atoms with Crippen molar-refractivity contribution in [2.45, 2.75) is 46.1 Å². The first-order chi connectivity index (χ1) is 8.15. The predicted molar refractivity (Wildman–Crippen MR) is 77.0 cm³/mol. The Balaban J connectivity index is 2.62. The number of hydrogen-bond donors (Lipinski definition) is 1. The van der Waals surface area contributed by atoms with Crippen molar-refractivity contribution in [1.29, 1.82) is 0 Å². The minimum atomic E-state index is 0.370. The van der Waals surface area contributed by atoms with Gasteiger partial charge in [0.15, 0.2) is 0 Å². The average Bonchev–Trinajstić information content (AvgIpc) is 2.28. The summed E-state index contributed by atoms with van der Waals surface area (Å²) in [6, 6.07) is 4.40. The smallest absolute Gasteiger partial charge is 0.0714 e. The maximum Gasteiger partial charge on any atom is 0.0714 e. The molecule has 0 aliphatic rings. The first-order valence-electron chi connectivity index (χ1n) is 6.49. The summed E-state index contributed by atoms with van der Waals surface area (Å²) in [5.74, 6) is 0.782. The molecule has 1 aromatic rings. The van der Waals surface area contributed by atoms with Gasteiger partial charge >= 0.3 is 0 Å². The molecule has 1 N–H and O–H groups in total. The Labute approximate surface area is 113 Å². The number of hydrogen-bond acceptors (Lipinski definition) is 2. The number of halogens is 1. The van der Waals surface area contributed by atoms with Gasteiger partial charge in [0.25, 0.3) is 0 Å². The van der Waals surface area contributed by atoms with Crippen LogP contribution in [-0.4, -0.2) is 11.5 Å². The van der Waals surface area contributed by atoms with Crippen LogP contribution in [0.1, 0.15) is 51.8 Å². The second-order valence-electron chi connectivity index (χ2n) is 4.81. The topological polar surface area (TPSA) is 24.9 Å². The monoisotopic (exact) mass is 298 g/mol. The third-order valence-electron chi connectivity index (χ3n) is 2.84. The van der Waals surface area contributed by atoms with Crippen LogP contribution >= 0.6 is 15.9 Å². The molecular weight excluding hydrogens is 276 g/mol. The fraction of sp³-hybridized carbons (Fsp3) is 0.643. The maximum atomic E-state index is 4.49. The number of rotatable bonds is 7. The highest BCUT2D eigenvalue weighted by molar-refractivity contribution is 9.10. The van der Waals surface area contributed by atoms with Crippen LogP contribution in [0.2, 0.25) is 0 Å². The largest absolute Gasteiger partial charge is 0.309 e. The average molecular weight is 299 g/mol. The fourth-order valence-corrected chi connectivity index (χ4v) is 2.50. The Bertz CT molecular complexity index is 326. The summed E-state index contributed by atoms with van der Waals surface area (Å²) in [6.07, 6.45) is 5.55. The molecule has 0 spiro atoms. The molecule has 17 heavy (non-hydrogen) atoms. The quantitative estimate of drug-likeness (QED) is 0.811. The number of nitrogens with zero attached hydrogens (tertiary/aromatic N) is 1. The molecule has 3 heteroatoms. The van der Waals surface area contributed by atoms with Crippen LogP contribution in [0.3, 0.4) is 0 Å². The van der Waals surface area contributed by atoms with E-state index in [1.807, 2.05) is 12.3 Å². The van der Waals surface area contributed by atoms with Gasteiger partial charge in [-0.05, 0) is 46.9 Å². The zero-order valence-corrected chi connectivity index (χ0v) is 12.6. The molecule has 1 aromatic heterocycles. The van der Waals surface area contributed by atoms with Gasteiger partial charge in [-0.15, -0.1) is 0 Å². The van der Waals surface area contributed by atoms with Crippen LogP contribution in [0.5, 0.6) is 0 Å². The van der Waals surface area contributed by atoms with Gasteiger partial charge < -0.3 is 5.32 Å². The summed E-state index contributed by atoms with van der Waals surface area (Å²) in [5.41, 5.74) is 1.14. The van der Waals surface area contributed by atoms with Crippen molar-refractivity contribution in [2.75, 3.05) is 6.54 Å². The van der Waals surface area contributed by atoms with Crippen molar-refractivity contribution < 1.29 is 0 Å². The molecule has 96 valence electrons. The Morgan fingerprint density at radius 1 is 1.35 bits per heavy atom. The summed E-state index contributed by atoms with van der Waals surface area (Å²) >= 11 is 3.59. The second kappa shape index (κ2) is 7.83. The Hall–Kier alpha value is -0.410. The Kier molecular flexibility index (Phi) is 6.75. The summed E-state index contributed by atoms with van der Waals surface area (Å²) in [7, 11) is 0. The van der Waals surface area contributed by atoms with Crippen molar-refractivity contribution in [3.63, 3.8) is 0 Å². The summed E-state index contributed by atoms with van der Waals surface area (Å²) < 4.78 is 1.11. The molecule has 0 amide bonds. The minimum Gasteiger partial charge on any atom is -0.309 e. The van der Waals surface area contributed by atoms with Gasteiger partial charge in [0, 0.05) is 10.7 Å². The molecular formula is C14H23BrN2. The zero-order chi connectivity index (χ0) is 12.7. The van der Waals surface area contributed by atoms with E-state index in [2.05, 4.69) is 53.1 Å². The van der Waals surface area contributed by atoms with Crippen LogP contribution in [0.15, 0.2) is 22.8 Å². The molecule has 0 radical (unpaired) electrons. The van der Waals surface area contributed by atoms with Gasteiger partial charge in [-0.25, -0.2) is 0 Å². The molecule has 2 nitrogen and oxygen atoms in total. The molecule has 0 saturated heterocycles. The molecule has 0 aromatic carbocycles. The zero-order valence-electron chi connectivity index (χ0n) is 11.0. The third kappa shape index (κ3) is 5.17. The van der Waals surface area contributed by atoms with Crippen LogP contribution in [-0.2, 0) is 0 Å². The Morgan fingerprint density at radius 3 is 2.71 bits per heavy atom. The molecule has 1 heterocycles. The van der Waals surface area contributed by atoms with E-state index in [9.17, 15) is 0 Å². The number of aromatic nitrogens is 1. The maximum absolute atomic E-state index is 4.49. The molecule has 0 aliphatic carbocycles. The fourth-order valence-electron chi connectivity index (χ4n) is 1.97. The lowest BCUT2D eigenvalue weighted by molar-refractivity contribution is 0.447. The van der Waals surface area contributed by atoms with Crippen molar-refractivity contribution >= 4 is 15.9 Å². The second-order valence-corrected chi connectivity index (χ2v) is 5.66. The van der Waals surface area contributed by atoms with E-state index in [0.29, 0.717) is 6.04 Å². The van der Waals surface area contributed by atoms with E-state index in [1.54, 1.807) is 0 Å². The van der Waals surface area contributed by atoms with Gasteiger partial charge in [-0.1, -0.05) is 33.6 Å². The van der Waals surface area contributed by atoms with E-state index < -0.39 is 0 Å². The summed E-state index contributed by atoms with van der Waals surface area (Å²) in [6.45, 7) is 7.68. The van der Waals surface area contributed by atoms with E-state index >= 15 is 0 Å². The first-order valence-corrected chi connectivity index (χ1v) is 7.28. The normalized spacial score (nSPS) is 13.0. The van der Waals surface area contributed by atoms with Gasteiger partial charge in [0.2, 0.25) is 0 Å². The number of nitrogens with one attached hydrogen (secondary N) is 1. The molecule has 0 aliphatic heterocycles. The van der Waals surface area contributed by atoms with Gasteiger partial charge in [-0.3, -0.25) is 4.98 Å². The summed E-state index contributed by atoms with van der Waals surface area (Å²) in [4.78, 5) is 4.49. The lowest BCUT2D eigenvalue weighted by atomic mass is 10.0. The van der Waals surface area contributed by atoms with E-state index in [-0.39, 0.29) is 0 Å². The highest BCUT2D eigenvalue weighted by Gasteiger charge is 2.14. The molecule has 1 atom stereocenters. The first kappa shape index (κ1) is 14.7.